The number of para-hydroxylation sites is 1. The number of hydrogen-bond acceptors (Lipinski definition) is 5. The molecule has 1 aromatic heterocycles. The number of aromatic nitrogens is 1. The Hall–Kier alpha value is -2.30. The van der Waals surface area contributed by atoms with Crippen molar-refractivity contribution in [3.63, 3.8) is 0 Å². The average Bonchev–Trinajstić information content (AvgIpc) is 3.32. The fourth-order valence-corrected chi connectivity index (χ4v) is 7.46. The minimum absolute atomic E-state index is 0.374. The standard InChI is InChI=1S/C27H34N4O3S2/c32-36(33,30-14-5-2-6-15-30)25-12-7-9-23(21-25)26-22-35-27(28-24-10-3-1-4-11-24)31(26)16-8-13-29-17-19-34-20-18-29/h1,3-4,7,9-12,21-22H,2,5-6,8,13-20H2/p+1. The van der Waals surface area contributed by atoms with Crippen LogP contribution in [0.3, 0.4) is 0 Å². The van der Waals surface area contributed by atoms with Crippen molar-refractivity contribution in [3.8, 4) is 11.3 Å². The van der Waals surface area contributed by atoms with Crippen LogP contribution in [0.2, 0.25) is 0 Å². The van der Waals surface area contributed by atoms with Crippen molar-refractivity contribution in [3.05, 3.63) is 64.8 Å². The van der Waals surface area contributed by atoms with E-state index in [1.165, 1.54) is 0 Å². The van der Waals surface area contributed by atoms with E-state index in [0.717, 1.165) is 86.8 Å². The molecule has 3 aromatic rings. The van der Waals surface area contributed by atoms with Crippen LogP contribution in [0.15, 0.2) is 69.9 Å². The third-order valence-corrected chi connectivity index (χ3v) is 9.73. The van der Waals surface area contributed by atoms with Gasteiger partial charge in [-0.2, -0.15) is 4.31 Å². The number of benzene rings is 2. The lowest BCUT2D eigenvalue weighted by Gasteiger charge is -2.26. The SMILES string of the molecule is O=S(=O)(c1cccc(-c2csc(=Nc3ccccc3)n2CCC[NH+]2CCOCC2)c1)N1CCCCC1. The molecule has 0 amide bonds. The maximum Gasteiger partial charge on any atom is 0.243 e. The van der Waals surface area contributed by atoms with Gasteiger partial charge in [0.05, 0.1) is 36.0 Å². The first-order valence-electron chi connectivity index (χ1n) is 12.9. The van der Waals surface area contributed by atoms with Gasteiger partial charge >= 0.3 is 0 Å². The van der Waals surface area contributed by atoms with Gasteiger partial charge in [0.15, 0.2) is 4.80 Å². The molecule has 0 saturated carbocycles. The Morgan fingerprint density at radius 1 is 0.972 bits per heavy atom. The van der Waals surface area contributed by atoms with E-state index in [2.05, 4.69) is 9.95 Å². The second-order valence-corrected chi connectivity index (χ2v) is 12.2. The van der Waals surface area contributed by atoms with E-state index in [1.807, 2.05) is 48.5 Å². The summed E-state index contributed by atoms with van der Waals surface area (Å²) in [5, 5.41) is 2.11. The van der Waals surface area contributed by atoms with Gasteiger partial charge in [-0.05, 0) is 37.1 Å². The Morgan fingerprint density at radius 3 is 2.53 bits per heavy atom. The molecule has 0 spiro atoms. The quantitative estimate of drug-likeness (QED) is 0.490. The van der Waals surface area contributed by atoms with Crippen molar-refractivity contribution < 1.29 is 18.1 Å². The van der Waals surface area contributed by atoms with E-state index in [1.54, 1.807) is 26.6 Å². The average molecular weight is 528 g/mol. The van der Waals surface area contributed by atoms with E-state index in [4.69, 9.17) is 9.73 Å². The number of thiazole rings is 1. The molecule has 0 bridgehead atoms. The summed E-state index contributed by atoms with van der Waals surface area (Å²) in [6, 6.07) is 17.4. The van der Waals surface area contributed by atoms with Gasteiger partial charge < -0.3 is 14.2 Å². The molecule has 36 heavy (non-hydrogen) atoms. The number of nitrogens with zero attached hydrogens (tertiary/aromatic N) is 3. The zero-order valence-corrected chi connectivity index (χ0v) is 22.3. The number of sulfonamides is 1. The third kappa shape index (κ3) is 5.98. The van der Waals surface area contributed by atoms with Gasteiger partial charge in [-0.15, -0.1) is 11.3 Å². The maximum absolute atomic E-state index is 13.3. The summed E-state index contributed by atoms with van der Waals surface area (Å²) in [5.41, 5.74) is 2.85. The summed E-state index contributed by atoms with van der Waals surface area (Å²) in [5.74, 6) is 0. The fourth-order valence-electron chi connectivity index (χ4n) is 4.95. The smallest absolute Gasteiger partial charge is 0.243 e. The number of quaternary nitrogens is 1. The normalized spacial score (nSPS) is 18.5. The van der Waals surface area contributed by atoms with Gasteiger partial charge in [0.25, 0.3) is 0 Å². The predicted octanol–water partition coefficient (Wildman–Crippen LogP) is 2.93. The van der Waals surface area contributed by atoms with Crippen LogP contribution in [0.25, 0.3) is 11.3 Å². The van der Waals surface area contributed by atoms with Crippen LogP contribution in [0.5, 0.6) is 0 Å². The van der Waals surface area contributed by atoms with Gasteiger partial charge in [-0.25, -0.2) is 13.4 Å². The Bertz CT molecular complexity index is 1310. The number of morpholine rings is 1. The summed E-state index contributed by atoms with van der Waals surface area (Å²) < 4.78 is 36.1. The van der Waals surface area contributed by atoms with E-state index >= 15 is 0 Å². The van der Waals surface area contributed by atoms with Crippen LogP contribution in [-0.4, -0.2) is 63.2 Å². The highest BCUT2D eigenvalue weighted by molar-refractivity contribution is 7.89. The topological polar surface area (TPSA) is 68.3 Å². The highest BCUT2D eigenvalue weighted by atomic mass is 32.2. The van der Waals surface area contributed by atoms with Crippen molar-refractivity contribution in [2.75, 3.05) is 45.9 Å². The Morgan fingerprint density at radius 2 is 1.75 bits per heavy atom. The number of piperidine rings is 1. The molecule has 0 radical (unpaired) electrons. The number of rotatable bonds is 8. The summed E-state index contributed by atoms with van der Waals surface area (Å²) in [6.07, 6.45) is 3.98. The van der Waals surface area contributed by atoms with E-state index in [9.17, 15) is 8.42 Å². The number of hydrogen-bond donors (Lipinski definition) is 1. The molecule has 7 nitrogen and oxygen atoms in total. The Labute approximate surface area is 217 Å². The van der Waals surface area contributed by atoms with Crippen molar-refractivity contribution in [2.24, 2.45) is 4.99 Å². The molecule has 9 heteroatoms. The van der Waals surface area contributed by atoms with Crippen LogP contribution in [0.1, 0.15) is 25.7 Å². The minimum Gasteiger partial charge on any atom is -0.370 e. The van der Waals surface area contributed by atoms with Crippen LogP contribution < -0.4 is 9.70 Å². The first-order chi connectivity index (χ1) is 17.6. The van der Waals surface area contributed by atoms with Crippen LogP contribution >= 0.6 is 11.3 Å². The first-order valence-corrected chi connectivity index (χ1v) is 15.2. The number of ether oxygens (including phenoxy) is 1. The molecular weight excluding hydrogens is 492 g/mol. The Balaban J connectivity index is 1.46. The molecule has 3 heterocycles. The van der Waals surface area contributed by atoms with Crippen molar-refractivity contribution >= 4 is 27.0 Å². The molecule has 0 aliphatic carbocycles. The molecule has 2 aliphatic heterocycles. The fraction of sp³-hybridized carbons (Fsp3) is 0.444. The highest BCUT2D eigenvalue weighted by Gasteiger charge is 2.26. The van der Waals surface area contributed by atoms with Crippen LogP contribution in [0.4, 0.5) is 5.69 Å². The monoisotopic (exact) mass is 527 g/mol. The first kappa shape index (κ1) is 25.4. The molecule has 2 aliphatic rings. The molecule has 2 fully saturated rings. The van der Waals surface area contributed by atoms with Gasteiger partial charge in [0, 0.05) is 37.0 Å². The van der Waals surface area contributed by atoms with Crippen LogP contribution in [0, 0.1) is 0 Å². The molecule has 1 N–H and O–H groups in total. The zero-order valence-electron chi connectivity index (χ0n) is 20.6. The van der Waals surface area contributed by atoms with E-state index in [0.29, 0.717) is 18.0 Å². The molecule has 0 atom stereocenters. The molecule has 5 rings (SSSR count). The highest BCUT2D eigenvalue weighted by Crippen LogP contribution is 2.27. The van der Waals surface area contributed by atoms with Gasteiger partial charge in [-0.3, -0.25) is 0 Å². The number of nitrogens with one attached hydrogen (secondary N) is 1. The molecule has 2 saturated heterocycles. The zero-order chi connectivity index (χ0) is 24.8. The van der Waals surface area contributed by atoms with Crippen molar-refractivity contribution in [2.45, 2.75) is 37.1 Å². The van der Waals surface area contributed by atoms with E-state index < -0.39 is 10.0 Å². The summed E-state index contributed by atoms with van der Waals surface area (Å²) >= 11 is 1.60. The lowest BCUT2D eigenvalue weighted by Crippen LogP contribution is -3.14. The molecule has 192 valence electrons. The molecule has 2 aromatic carbocycles. The predicted molar refractivity (Wildman–Crippen MR) is 143 cm³/mol. The summed E-state index contributed by atoms with van der Waals surface area (Å²) in [4.78, 5) is 7.81. The van der Waals surface area contributed by atoms with Gasteiger partial charge in [0.1, 0.15) is 13.1 Å². The molecular formula is C27H35N4O3S2+. The lowest BCUT2D eigenvalue weighted by atomic mass is 10.1. The van der Waals surface area contributed by atoms with Gasteiger partial charge in [0.2, 0.25) is 10.0 Å². The van der Waals surface area contributed by atoms with Gasteiger partial charge in [-0.1, -0.05) is 36.8 Å². The third-order valence-electron chi connectivity index (χ3n) is 6.97. The summed E-state index contributed by atoms with van der Waals surface area (Å²) in [6.45, 7) is 6.90. The molecule has 0 unspecified atom stereocenters. The summed E-state index contributed by atoms with van der Waals surface area (Å²) in [7, 11) is -3.49. The lowest BCUT2D eigenvalue weighted by molar-refractivity contribution is -0.908. The van der Waals surface area contributed by atoms with Crippen LogP contribution in [-0.2, 0) is 21.3 Å². The largest absolute Gasteiger partial charge is 0.370 e. The minimum atomic E-state index is -3.49. The second kappa shape index (κ2) is 11.8. The second-order valence-electron chi connectivity index (χ2n) is 9.46. The Kier molecular flexibility index (Phi) is 8.33. The van der Waals surface area contributed by atoms with Crippen molar-refractivity contribution in [1.29, 1.82) is 0 Å². The van der Waals surface area contributed by atoms with E-state index in [-0.39, 0.29) is 0 Å². The van der Waals surface area contributed by atoms with Crippen molar-refractivity contribution in [1.82, 2.24) is 8.87 Å². The maximum atomic E-state index is 13.3.